The fourth-order valence-corrected chi connectivity index (χ4v) is 3.49. The highest BCUT2D eigenvalue weighted by molar-refractivity contribution is 7.99. The van der Waals surface area contributed by atoms with Crippen molar-refractivity contribution in [3.8, 4) is 0 Å². The van der Waals surface area contributed by atoms with E-state index >= 15 is 0 Å². The molecular formula is C18H19ClN4O2S. The Morgan fingerprint density at radius 3 is 2.69 bits per heavy atom. The van der Waals surface area contributed by atoms with Crippen molar-refractivity contribution in [3.05, 3.63) is 40.4 Å². The predicted octanol–water partition coefficient (Wildman–Crippen LogP) is 3.68. The summed E-state index contributed by atoms with van der Waals surface area (Å²) in [5.74, 6) is 1.58. The number of carbonyl (C=O) groups excluding carboxylic acids is 2. The van der Waals surface area contributed by atoms with Crippen molar-refractivity contribution in [2.75, 3.05) is 16.0 Å². The summed E-state index contributed by atoms with van der Waals surface area (Å²) in [6, 6.07) is 7.36. The van der Waals surface area contributed by atoms with Crippen molar-refractivity contribution in [1.29, 1.82) is 0 Å². The van der Waals surface area contributed by atoms with Crippen LogP contribution in [0.15, 0.2) is 29.4 Å². The van der Waals surface area contributed by atoms with E-state index in [1.807, 2.05) is 12.1 Å². The van der Waals surface area contributed by atoms with Gasteiger partial charge in [0.05, 0.1) is 13.0 Å². The lowest BCUT2D eigenvalue weighted by atomic mass is 10.2. The van der Waals surface area contributed by atoms with E-state index in [4.69, 9.17) is 11.6 Å². The molecule has 26 heavy (non-hydrogen) atoms. The molecule has 6 nitrogen and oxygen atoms in total. The van der Waals surface area contributed by atoms with Gasteiger partial charge >= 0.3 is 0 Å². The summed E-state index contributed by atoms with van der Waals surface area (Å²) in [7, 11) is 0. The van der Waals surface area contributed by atoms with E-state index in [-0.39, 0.29) is 18.2 Å². The van der Waals surface area contributed by atoms with Crippen molar-refractivity contribution in [2.24, 2.45) is 0 Å². The number of amides is 2. The summed E-state index contributed by atoms with van der Waals surface area (Å²) < 4.78 is 0. The molecule has 136 valence electrons. The van der Waals surface area contributed by atoms with Crippen molar-refractivity contribution in [2.45, 2.75) is 38.4 Å². The molecular weight excluding hydrogens is 372 g/mol. The first-order valence-corrected chi connectivity index (χ1v) is 9.70. The van der Waals surface area contributed by atoms with E-state index in [9.17, 15) is 9.59 Å². The first-order chi connectivity index (χ1) is 12.5. The average Bonchev–Trinajstić information content (AvgIpc) is 2.91. The smallest absolute Gasteiger partial charge is 0.233 e. The fraction of sp³-hybridized carbons (Fsp3) is 0.333. The molecule has 2 amide bonds. The largest absolute Gasteiger partial charge is 0.311 e. The molecule has 8 heteroatoms. The number of halogens is 1. The molecule has 0 saturated carbocycles. The number of fused-ring (bicyclic) bond motifs is 1. The number of carbonyl (C=O) groups is 2. The zero-order valence-corrected chi connectivity index (χ0v) is 16.2. The minimum Gasteiger partial charge on any atom is -0.311 e. The Bertz CT molecular complexity index is 842. The number of nitrogens with one attached hydrogen (secondary N) is 1. The molecule has 1 aliphatic rings. The van der Waals surface area contributed by atoms with Crippen LogP contribution < -0.4 is 10.2 Å². The fourth-order valence-electron chi connectivity index (χ4n) is 2.67. The highest BCUT2D eigenvalue weighted by Crippen LogP contribution is 2.35. The van der Waals surface area contributed by atoms with Gasteiger partial charge in [-0.05, 0) is 24.1 Å². The summed E-state index contributed by atoms with van der Waals surface area (Å²) in [4.78, 5) is 34.8. The second-order valence-corrected chi connectivity index (χ2v) is 7.47. The Morgan fingerprint density at radius 1 is 1.31 bits per heavy atom. The lowest BCUT2D eigenvalue weighted by Gasteiger charge is -2.18. The third-order valence-electron chi connectivity index (χ3n) is 3.83. The van der Waals surface area contributed by atoms with Gasteiger partial charge < -0.3 is 5.32 Å². The van der Waals surface area contributed by atoms with Crippen molar-refractivity contribution < 1.29 is 9.59 Å². The number of benzene rings is 1. The summed E-state index contributed by atoms with van der Waals surface area (Å²) in [5, 5.41) is 3.94. The van der Waals surface area contributed by atoms with Crippen LogP contribution in [-0.4, -0.2) is 27.5 Å². The van der Waals surface area contributed by atoms with E-state index in [1.165, 1.54) is 18.7 Å². The Hall–Kier alpha value is -2.12. The van der Waals surface area contributed by atoms with E-state index in [1.54, 1.807) is 17.0 Å². The number of anilines is 2. The second kappa shape index (κ2) is 8.05. The molecule has 0 radical (unpaired) electrons. The normalized spacial score (nSPS) is 13.0. The summed E-state index contributed by atoms with van der Waals surface area (Å²) >= 11 is 7.44. The summed E-state index contributed by atoms with van der Waals surface area (Å²) in [5.41, 5.74) is 1.62. The quantitative estimate of drug-likeness (QED) is 0.601. The Morgan fingerprint density at radius 2 is 2.04 bits per heavy atom. The highest BCUT2D eigenvalue weighted by Gasteiger charge is 2.33. The SMILES string of the molecule is CCCSc1nc(NC(C)=O)c2c(n1)N(Cc1ccc(Cl)cc1)C(=O)C2. The number of rotatable bonds is 6. The van der Waals surface area contributed by atoms with Crippen LogP contribution in [0.4, 0.5) is 11.6 Å². The lowest BCUT2D eigenvalue weighted by molar-refractivity contribution is -0.117. The molecule has 0 fully saturated rings. The molecule has 0 atom stereocenters. The summed E-state index contributed by atoms with van der Waals surface area (Å²) in [6.07, 6.45) is 1.16. The molecule has 0 spiro atoms. The van der Waals surface area contributed by atoms with Gasteiger partial charge in [0.1, 0.15) is 11.6 Å². The highest BCUT2D eigenvalue weighted by atomic mass is 35.5. The monoisotopic (exact) mass is 390 g/mol. The van der Waals surface area contributed by atoms with E-state index < -0.39 is 0 Å². The van der Waals surface area contributed by atoms with Gasteiger partial charge in [0, 0.05) is 23.3 Å². The number of hydrogen-bond donors (Lipinski definition) is 1. The molecule has 0 aliphatic carbocycles. The standard InChI is InChI=1S/C18H19ClN4O2S/c1-3-8-26-18-21-16(20-11(2)24)14-9-15(25)23(17(14)22-18)10-12-4-6-13(19)7-5-12/h4-7H,3,8-10H2,1-2H3,(H,20,21,22,24). The van der Waals surface area contributed by atoms with Gasteiger partial charge in [-0.15, -0.1) is 0 Å². The van der Waals surface area contributed by atoms with Crippen LogP contribution >= 0.6 is 23.4 Å². The van der Waals surface area contributed by atoms with Crippen LogP contribution in [-0.2, 0) is 22.6 Å². The minimum atomic E-state index is -0.221. The van der Waals surface area contributed by atoms with Crippen LogP contribution in [0.3, 0.4) is 0 Å². The second-order valence-electron chi connectivity index (χ2n) is 5.97. The van der Waals surface area contributed by atoms with E-state index in [0.717, 1.165) is 17.7 Å². The van der Waals surface area contributed by atoms with Crippen molar-refractivity contribution >= 4 is 46.8 Å². The third-order valence-corrected chi connectivity index (χ3v) is 5.14. The Kier molecular flexibility index (Phi) is 5.78. The number of hydrogen-bond acceptors (Lipinski definition) is 5. The summed E-state index contributed by atoms with van der Waals surface area (Å²) in [6.45, 7) is 3.90. The van der Waals surface area contributed by atoms with Gasteiger partial charge in [0.15, 0.2) is 5.16 Å². The zero-order valence-electron chi connectivity index (χ0n) is 14.6. The first kappa shape index (κ1) is 18.7. The predicted molar refractivity (Wildman–Crippen MR) is 104 cm³/mol. The molecule has 3 rings (SSSR count). The molecule has 1 aromatic carbocycles. The maximum absolute atomic E-state index is 12.6. The molecule has 2 heterocycles. The molecule has 2 aromatic rings. The van der Waals surface area contributed by atoms with Gasteiger partial charge in [-0.2, -0.15) is 0 Å². The van der Waals surface area contributed by atoms with Gasteiger partial charge in [-0.1, -0.05) is 42.4 Å². The average molecular weight is 391 g/mol. The number of thioether (sulfide) groups is 1. The van der Waals surface area contributed by atoms with E-state index in [0.29, 0.717) is 33.9 Å². The van der Waals surface area contributed by atoms with Gasteiger partial charge in [0.25, 0.3) is 0 Å². The molecule has 0 unspecified atom stereocenters. The van der Waals surface area contributed by atoms with Crippen LogP contribution in [0.25, 0.3) is 0 Å². The zero-order chi connectivity index (χ0) is 18.7. The first-order valence-electron chi connectivity index (χ1n) is 8.34. The van der Waals surface area contributed by atoms with Gasteiger partial charge in [0.2, 0.25) is 11.8 Å². The van der Waals surface area contributed by atoms with Crippen molar-refractivity contribution in [3.63, 3.8) is 0 Å². The minimum absolute atomic E-state index is 0.0616. The van der Waals surface area contributed by atoms with Crippen LogP contribution in [0.2, 0.25) is 5.02 Å². The van der Waals surface area contributed by atoms with Crippen LogP contribution in [0, 0.1) is 0 Å². The number of aromatic nitrogens is 2. The van der Waals surface area contributed by atoms with E-state index in [2.05, 4.69) is 22.2 Å². The number of nitrogens with zero attached hydrogens (tertiary/aromatic N) is 3. The molecule has 0 bridgehead atoms. The molecule has 0 saturated heterocycles. The van der Waals surface area contributed by atoms with Crippen molar-refractivity contribution in [1.82, 2.24) is 9.97 Å². The topological polar surface area (TPSA) is 75.2 Å². The maximum atomic E-state index is 12.6. The van der Waals surface area contributed by atoms with Crippen LogP contribution in [0.1, 0.15) is 31.4 Å². The van der Waals surface area contributed by atoms with Gasteiger partial charge in [-0.3, -0.25) is 14.5 Å². The van der Waals surface area contributed by atoms with Crippen LogP contribution in [0.5, 0.6) is 0 Å². The molecule has 1 aromatic heterocycles. The Labute approximate surface area is 161 Å². The molecule has 1 N–H and O–H groups in total. The maximum Gasteiger partial charge on any atom is 0.233 e. The molecule has 1 aliphatic heterocycles. The Balaban J connectivity index is 1.96. The lowest BCUT2D eigenvalue weighted by Crippen LogP contribution is -2.26. The third kappa shape index (κ3) is 4.16. The van der Waals surface area contributed by atoms with Gasteiger partial charge in [-0.25, -0.2) is 9.97 Å².